The van der Waals surface area contributed by atoms with Crippen molar-refractivity contribution < 1.29 is 9.53 Å². The van der Waals surface area contributed by atoms with Crippen molar-refractivity contribution >= 4 is 26.4 Å². The maximum absolute atomic E-state index is 12.4. The number of hydrogen-bond acceptors (Lipinski definition) is 2. The van der Waals surface area contributed by atoms with Gasteiger partial charge in [-0.1, -0.05) is 55.9 Å². The molecule has 0 aromatic heterocycles. The highest BCUT2D eigenvalue weighted by Gasteiger charge is 2.32. The Morgan fingerprint density at radius 3 is 2.38 bits per heavy atom. The lowest BCUT2D eigenvalue weighted by atomic mass is 9.76. The van der Waals surface area contributed by atoms with Gasteiger partial charge in [0.1, 0.15) is 6.10 Å². The minimum absolute atomic E-state index is 0.0977. The molecule has 1 aromatic carbocycles. The number of esters is 1. The highest BCUT2D eigenvalue weighted by Crippen LogP contribution is 2.40. The number of carbonyl (C=O) groups excluding carboxylic acids is 1. The van der Waals surface area contributed by atoms with Crippen molar-refractivity contribution in [1.29, 1.82) is 0 Å². The highest BCUT2D eigenvalue weighted by atomic mass is 35.5. The van der Waals surface area contributed by atoms with Crippen LogP contribution in [0, 0.1) is 18.8 Å². The lowest BCUT2D eigenvalue weighted by Crippen LogP contribution is -2.31. The summed E-state index contributed by atoms with van der Waals surface area (Å²) in [6.07, 6.45) is 9.01. The first kappa shape index (κ1) is 19.9. The van der Waals surface area contributed by atoms with Crippen molar-refractivity contribution in [3.8, 4) is 0 Å². The molecule has 0 unspecified atom stereocenters. The molecule has 0 N–H and O–H groups in total. The van der Waals surface area contributed by atoms with Crippen molar-refractivity contribution in [2.75, 3.05) is 0 Å². The number of halogens is 1. The zero-order chi connectivity index (χ0) is 18.5. The van der Waals surface area contributed by atoms with E-state index in [2.05, 4.69) is 6.92 Å². The SMILES string of the molecule is CCC[SiH]1CCC(C2CCC(OC(=O)c3ccc(Cl)c(C)c3)CC2)CC1. The van der Waals surface area contributed by atoms with E-state index < -0.39 is 0 Å². The summed E-state index contributed by atoms with van der Waals surface area (Å²) in [7, 11) is -0.373. The zero-order valence-electron chi connectivity index (χ0n) is 16.3. The first-order chi connectivity index (χ1) is 12.6. The molecule has 144 valence electrons. The molecule has 1 heterocycles. The fraction of sp³-hybridized carbons (Fsp3) is 0.682. The van der Waals surface area contributed by atoms with Gasteiger partial charge in [-0.3, -0.25) is 0 Å². The molecule has 0 radical (unpaired) electrons. The molecule has 1 saturated carbocycles. The average molecular weight is 393 g/mol. The Labute approximate surface area is 165 Å². The molecule has 2 nitrogen and oxygen atoms in total. The van der Waals surface area contributed by atoms with E-state index in [1.54, 1.807) is 30.3 Å². The van der Waals surface area contributed by atoms with Gasteiger partial charge in [0, 0.05) is 13.8 Å². The van der Waals surface area contributed by atoms with Crippen molar-refractivity contribution in [2.24, 2.45) is 11.8 Å². The van der Waals surface area contributed by atoms with E-state index in [0.717, 1.165) is 30.2 Å². The standard InChI is InChI=1S/C22H33ClO2Si/c1-3-12-26-13-10-18(11-14-26)17-4-7-20(8-5-17)25-22(24)19-6-9-21(23)16(2)15-19/h6,9,15,17-18,20,26H,3-5,7-8,10-14H2,1-2H3. The minimum atomic E-state index is -0.373. The Morgan fingerprint density at radius 1 is 1.12 bits per heavy atom. The maximum Gasteiger partial charge on any atom is 0.338 e. The number of carbonyl (C=O) groups is 1. The van der Waals surface area contributed by atoms with E-state index in [0.29, 0.717) is 10.6 Å². The van der Waals surface area contributed by atoms with Gasteiger partial charge in [-0.2, -0.15) is 0 Å². The minimum Gasteiger partial charge on any atom is -0.459 e. The molecule has 0 spiro atoms. The second-order valence-corrected chi connectivity index (χ2v) is 12.3. The third-order valence-electron chi connectivity index (χ3n) is 6.64. The van der Waals surface area contributed by atoms with Crippen LogP contribution in [0.5, 0.6) is 0 Å². The largest absolute Gasteiger partial charge is 0.459 e. The van der Waals surface area contributed by atoms with Gasteiger partial charge in [0.25, 0.3) is 0 Å². The number of aryl methyl sites for hydroxylation is 1. The quantitative estimate of drug-likeness (QED) is 0.427. The van der Waals surface area contributed by atoms with Gasteiger partial charge >= 0.3 is 5.97 Å². The maximum atomic E-state index is 12.4. The molecular formula is C22H33ClO2Si. The lowest BCUT2D eigenvalue weighted by Gasteiger charge is -2.37. The Balaban J connectivity index is 1.44. The van der Waals surface area contributed by atoms with Crippen LogP contribution in [-0.2, 0) is 4.74 Å². The molecule has 1 aliphatic carbocycles. The van der Waals surface area contributed by atoms with Crippen LogP contribution in [0.25, 0.3) is 0 Å². The van der Waals surface area contributed by atoms with Crippen LogP contribution in [0.3, 0.4) is 0 Å². The second kappa shape index (κ2) is 9.41. The van der Waals surface area contributed by atoms with Crippen molar-refractivity contribution in [3.05, 3.63) is 34.3 Å². The molecule has 26 heavy (non-hydrogen) atoms. The van der Waals surface area contributed by atoms with Gasteiger partial charge < -0.3 is 4.74 Å². The molecule has 0 atom stereocenters. The molecule has 1 saturated heterocycles. The Bertz CT molecular complexity index is 602. The number of ether oxygens (including phenoxy) is 1. The van der Waals surface area contributed by atoms with Crippen LogP contribution in [-0.4, -0.2) is 20.9 Å². The Kier molecular flexibility index (Phi) is 7.22. The fourth-order valence-corrected chi connectivity index (χ4v) is 8.62. The molecule has 2 aliphatic rings. The molecule has 3 rings (SSSR count). The van der Waals surface area contributed by atoms with E-state index in [1.165, 1.54) is 32.1 Å². The fourth-order valence-electron chi connectivity index (χ4n) is 5.03. The lowest BCUT2D eigenvalue weighted by molar-refractivity contribution is 0.0127. The second-order valence-electron chi connectivity index (χ2n) is 8.48. The summed E-state index contributed by atoms with van der Waals surface area (Å²) in [6.45, 7) is 4.26. The van der Waals surface area contributed by atoms with Crippen LogP contribution < -0.4 is 0 Å². The summed E-state index contributed by atoms with van der Waals surface area (Å²) in [5.41, 5.74) is 1.54. The third-order valence-corrected chi connectivity index (χ3v) is 10.8. The summed E-state index contributed by atoms with van der Waals surface area (Å²) in [6, 6.07) is 10.1. The van der Waals surface area contributed by atoms with Gasteiger partial charge in [0.15, 0.2) is 0 Å². The van der Waals surface area contributed by atoms with Crippen LogP contribution in [0.2, 0.25) is 23.2 Å². The molecule has 4 heteroatoms. The summed E-state index contributed by atoms with van der Waals surface area (Å²) >= 11 is 6.04. The van der Waals surface area contributed by atoms with E-state index in [9.17, 15) is 4.79 Å². The van der Waals surface area contributed by atoms with E-state index in [4.69, 9.17) is 16.3 Å². The van der Waals surface area contributed by atoms with Gasteiger partial charge in [-0.15, -0.1) is 0 Å². The topological polar surface area (TPSA) is 26.3 Å². The van der Waals surface area contributed by atoms with E-state index in [-0.39, 0.29) is 20.9 Å². The predicted molar refractivity (Wildman–Crippen MR) is 112 cm³/mol. The van der Waals surface area contributed by atoms with Gasteiger partial charge in [0.05, 0.1) is 5.56 Å². The predicted octanol–water partition coefficient (Wildman–Crippen LogP) is 6.41. The first-order valence-corrected chi connectivity index (χ1v) is 13.4. The summed E-state index contributed by atoms with van der Waals surface area (Å²) in [5, 5.41) is 0.693. The summed E-state index contributed by atoms with van der Waals surface area (Å²) < 4.78 is 5.78. The molecule has 0 amide bonds. The van der Waals surface area contributed by atoms with Crippen molar-refractivity contribution in [1.82, 2.24) is 0 Å². The van der Waals surface area contributed by atoms with Gasteiger partial charge in [-0.25, -0.2) is 4.79 Å². The van der Waals surface area contributed by atoms with Crippen LogP contribution in [0.4, 0.5) is 0 Å². The molecule has 1 aromatic rings. The Hall–Kier alpha value is -0.803. The molecule has 1 aliphatic heterocycles. The van der Waals surface area contributed by atoms with E-state index in [1.807, 2.05) is 13.0 Å². The summed E-state index contributed by atoms with van der Waals surface area (Å²) in [4.78, 5) is 12.4. The molecule has 2 fully saturated rings. The first-order valence-electron chi connectivity index (χ1n) is 10.5. The Morgan fingerprint density at radius 2 is 1.77 bits per heavy atom. The highest BCUT2D eigenvalue weighted by molar-refractivity contribution is 6.58. The van der Waals surface area contributed by atoms with Crippen LogP contribution in [0.15, 0.2) is 18.2 Å². The number of hydrogen-bond donors (Lipinski definition) is 0. The zero-order valence-corrected chi connectivity index (χ0v) is 18.2. The van der Waals surface area contributed by atoms with Crippen LogP contribution in [0.1, 0.15) is 67.8 Å². The molecule has 0 bridgehead atoms. The van der Waals surface area contributed by atoms with Crippen LogP contribution >= 0.6 is 11.6 Å². The number of rotatable bonds is 5. The van der Waals surface area contributed by atoms with Gasteiger partial charge in [0.2, 0.25) is 0 Å². The third kappa shape index (κ3) is 5.13. The monoisotopic (exact) mass is 392 g/mol. The van der Waals surface area contributed by atoms with Crippen molar-refractivity contribution in [2.45, 2.75) is 83.0 Å². The summed E-state index contributed by atoms with van der Waals surface area (Å²) in [5.74, 6) is 1.63. The van der Waals surface area contributed by atoms with E-state index >= 15 is 0 Å². The molecular weight excluding hydrogens is 360 g/mol. The normalized spacial score (nSPS) is 29.3. The van der Waals surface area contributed by atoms with Crippen molar-refractivity contribution in [3.63, 3.8) is 0 Å². The smallest absolute Gasteiger partial charge is 0.338 e. The average Bonchev–Trinajstić information content (AvgIpc) is 2.65. The number of benzene rings is 1. The van der Waals surface area contributed by atoms with Gasteiger partial charge in [-0.05, 0) is 68.2 Å².